The van der Waals surface area contributed by atoms with E-state index in [-0.39, 0.29) is 137 Å². The lowest BCUT2D eigenvalue weighted by Gasteiger charge is -2.39. The second-order valence-corrected chi connectivity index (χ2v) is 26.9. The number of aliphatic hydroxyl groups excluding tert-OH is 1. The van der Waals surface area contributed by atoms with Crippen LogP contribution in [0.25, 0.3) is 11.1 Å². The third-order valence-electron chi connectivity index (χ3n) is 19.7. The van der Waals surface area contributed by atoms with E-state index in [0.717, 1.165) is 39.0 Å². The van der Waals surface area contributed by atoms with E-state index in [4.69, 9.17) is 29.4 Å². The summed E-state index contributed by atoms with van der Waals surface area (Å²) in [5, 5.41) is 49.8. The first-order valence-electron chi connectivity index (χ1n) is 35.4. The molecule has 7 atom stereocenters. The van der Waals surface area contributed by atoms with Crippen molar-refractivity contribution in [1.29, 1.82) is 0 Å². The molecule has 4 saturated heterocycles. The van der Waals surface area contributed by atoms with E-state index in [1.807, 2.05) is 48.5 Å². The minimum atomic E-state index is -1.69. The molecule has 107 heavy (non-hydrogen) atoms. The van der Waals surface area contributed by atoms with Crippen molar-refractivity contribution >= 4 is 77.4 Å². The number of nitrogens with one attached hydrogen (secondary N) is 3. The van der Waals surface area contributed by atoms with E-state index < -0.39 is 172 Å². The van der Waals surface area contributed by atoms with Crippen molar-refractivity contribution < 1.29 is 106 Å². The highest BCUT2D eigenvalue weighted by Crippen LogP contribution is 2.45. The van der Waals surface area contributed by atoms with Gasteiger partial charge in [0, 0.05) is 131 Å². The van der Waals surface area contributed by atoms with Crippen LogP contribution in [0.5, 0.6) is 0 Å². The molecule has 4 heterocycles. The van der Waals surface area contributed by atoms with Crippen LogP contribution in [0, 0.1) is 0 Å². The quantitative estimate of drug-likeness (QED) is 0.0263. The summed E-state index contributed by atoms with van der Waals surface area (Å²) in [6.07, 6.45) is -4.14. The van der Waals surface area contributed by atoms with E-state index in [9.17, 15) is 68.4 Å². The number of fused-ring (bicyclic) bond motifs is 3. The average Bonchev–Trinajstić information content (AvgIpc) is 1.63. The predicted molar refractivity (Wildman–Crippen MR) is 378 cm³/mol. The number of aliphatic carboxylic acids is 3. The second kappa shape index (κ2) is 40.2. The number of nitrogens with zero attached hydrogens (tertiary/aromatic N) is 10. The Morgan fingerprint density at radius 2 is 0.888 bits per heavy atom. The average molecular weight is 1500 g/mol. The summed E-state index contributed by atoms with van der Waals surface area (Å²) in [7, 11) is 3.71. The number of esters is 4. The smallest absolute Gasteiger partial charge is 0.410 e. The number of benzene rings is 3. The molecule has 1 aliphatic carbocycles. The van der Waals surface area contributed by atoms with Crippen molar-refractivity contribution in [2.45, 2.75) is 61.7 Å². The van der Waals surface area contributed by atoms with Gasteiger partial charge in [-0.1, -0.05) is 78.9 Å². The number of aliphatic hydroxyl groups is 1. The minimum absolute atomic E-state index is 0.0126. The Morgan fingerprint density at radius 1 is 0.495 bits per heavy atom. The predicted octanol–water partition coefficient (Wildman–Crippen LogP) is -4.48. The number of carboxylic acid groups (broad SMARTS) is 3. The molecule has 584 valence electrons. The van der Waals surface area contributed by atoms with E-state index in [1.165, 1.54) is 31.1 Å². The first-order valence-corrected chi connectivity index (χ1v) is 35.4. The second-order valence-electron chi connectivity index (χ2n) is 26.9. The maximum atomic E-state index is 15.7. The molecule has 36 heteroatoms. The van der Waals surface area contributed by atoms with Crippen LogP contribution < -0.4 is 21.7 Å². The molecular formula is C71H98N14O22. The van der Waals surface area contributed by atoms with Gasteiger partial charge in [0.05, 0.1) is 98.4 Å². The molecule has 4 aliphatic heterocycles. The zero-order valence-electron chi connectivity index (χ0n) is 60.6. The summed E-state index contributed by atoms with van der Waals surface area (Å²) in [6, 6.07) is 16.1. The summed E-state index contributed by atoms with van der Waals surface area (Å²) < 4.78 is 27.5. The number of amides is 6. The monoisotopic (exact) mass is 1500 g/mol. The number of likely N-dealkylation sites (tertiary alicyclic amines) is 2. The third kappa shape index (κ3) is 23.9. The van der Waals surface area contributed by atoms with Crippen molar-refractivity contribution in [3.8, 4) is 11.1 Å². The van der Waals surface area contributed by atoms with Gasteiger partial charge in [-0.2, -0.15) is 0 Å². The Labute approximate surface area is 618 Å². The number of carboxylic acids is 3. The zero-order valence-corrected chi connectivity index (χ0v) is 60.6. The van der Waals surface area contributed by atoms with Crippen LogP contribution in [-0.4, -0.2) is 387 Å². The van der Waals surface area contributed by atoms with Gasteiger partial charge in [0.2, 0.25) is 29.5 Å². The van der Waals surface area contributed by atoms with Gasteiger partial charge in [0.25, 0.3) is 0 Å². The molecule has 0 bridgehead atoms. The molecule has 36 nitrogen and oxygen atoms in total. The van der Waals surface area contributed by atoms with Gasteiger partial charge in [0.15, 0.2) is 0 Å². The molecule has 0 radical (unpaired) electrons. The highest BCUT2D eigenvalue weighted by atomic mass is 16.6. The number of carbonyl (C=O) groups excluding carboxylic acids is 10. The highest BCUT2D eigenvalue weighted by molar-refractivity contribution is 5.96. The number of β-amino-alcohol motifs (C(OH)–C–C–N with tert-alkyl or cyclic N) is 1. The van der Waals surface area contributed by atoms with Crippen molar-refractivity contribution in [2.75, 3.05) is 198 Å². The van der Waals surface area contributed by atoms with Crippen molar-refractivity contribution in [3.05, 3.63) is 95.6 Å². The van der Waals surface area contributed by atoms with Crippen molar-refractivity contribution in [3.63, 3.8) is 0 Å². The fourth-order valence-corrected chi connectivity index (χ4v) is 14.5. The SMILES string of the molecule is COC(=O)CN1CCN(CC(=O)OC)CCN(C2[C@@H](OC(C)=O)CN(C(=O)OCC3c4ccccc4-c4ccccc43)[C@@H]2C(=O)NCC(=O)N[C@@H](Cc2ccccc2)C(=O)N2C[C@H](O)[C@@H](N3CCN(CC(=O)O)CCN(CC(=O)O)CCN(CC(=O)O)CC3)[C@H]2C(=O)NCC(N)=O)CCN(CC(=O)OC)CC1. The number of hydrogen-bond acceptors (Lipinski definition) is 27. The third-order valence-corrected chi connectivity index (χ3v) is 19.7. The summed E-state index contributed by atoms with van der Waals surface area (Å²) in [6.45, 7) is -2.99. The highest BCUT2D eigenvalue weighted by Gasteiger charge is 2.54. The largest absolute Gasteiger partial charge is 0.480 e. The van der Waals surface area contributed by atoms with E-state index in [1.54, 1.807) is 59.7 Å². The molecule has 8 rings (SSSR count). The number of rotatable bonds is 27. The normalized spacial score (nSPS) is 22.0. The molecule has 0 aromatic heterocycles. The fraction of sp³-hybridized carbons (Fsp3) is 0.563. The number of primary amides is 1. The lowest BCUT2D eigenvalue weighted by molar-refractivity contribution is -0.149. The molecule has 3 aromatic rings. The summed E-state index contributed by atoms with van der Waals surface area (Å²) in [5.41, 5.74) is 9.62. The van der Waals surface area contributed by atoms with Crippen LogP contribution in [0.4, 0.5) is 4.79 Å². The Balaban J connectivity index is 1.13. The van der Waals surface area contributed by atoms with E-state index in [0.29, 0.717) is 5.56 Å². The molecular weight excluding hydrogens is 1400 g/mol. The standard InChI is InChI=1S/C71H98N14O22/c1-46(86)107-55-38-85(71(102)106-45-52-50-16-10-8-14-48(50)49-15-9-11-17-51(49)52)67(65(55)83-32-28-80(43-62(97)104-3)24-22-79(42-61(96)103-2)23-25-81(29-33-83)44-63(98)105-4)69(100)74-36-57(89)75-53(34-47-12-6-5-7-13-47)70(101)84-37-54(87)64(66(84)68(99)73-35-56(72)88)82-30-26-77(40-59(92)93)20-18-76(39-58(90)91)19-21-78(27-31-82)41-60(94)95/h5-17,52-55,64-67,87H,18-45H2,1-4H3,(H2,72,88)(H,73,99)(H,74,100)(H,75,89)(H,90,91)(H,92,93)(H,94,95)/t53-,54-,55-,64+,65?,66-,67-/m0/s1. The molecule has 9 N–H and O–H groups in total. The Kier molecular flexibility index (Phi) is 31.2. The topological polar surface area (TPSA) is 443 Å². The van der Waals surface area contributed by atoms with Gasteiger partial charge in [0.1, 0.15) is 30.8 Å². The number of methoxy groups -OCH3 is 3. The van der Waals surface area contributed by atoms with Crippen LogP contribution >= 0.6 is 0 Å². The molecule has 0 spiro atoms. The number of ether oxygens (including phenoxy) is 5. The summed E-state index contributed by atoms with van der Waals surface area (Å²) in [4.78, 5) is 193. The van der Waals surface area contributed by atoms with Crippen LogP contribution in [-0.2, 0) is 87.6 Å². The molecule has 1 unspecified atom stereocenters. The Morgan fingerprint density at radius 3 is 1.31 bits per heavy atom. The van der Waals surface area contributed by atoms with Gasteiger partial charge in [-0.3, -0.25) is 102 Å². The zero-order chi connectivity index (χ0) is 77.4. The molecule has 4 fully saturated rings. The van der Waals surface area contributed by atoms with E-state index in [2.05, 4.69) is 16.0 Å². The maximum absolute atomic E-state index is 15.7. The molecule has 0 saturated carbocycles. The Bertz CT molecular complexity index is 3520. The summed E-state index contributed by atoms with van der Waals surface area (Å²) >= 11 is 0. The molecule has 5 aliphatic rings. The minimum Gasteiger partial charge on any atom is -0.480 e. The number of carbonyl (C=O) groups is 13. The fourth-order valence-electron chi connectivity index (χ4n) is 14.5. The molecule has 6 amide bonds. The van der Waals surface area contributed by atoms with Crippen molar-refractivity contribution in [2.24, 2.45) is 5.73 Å². The summed E-state index contributed by atoms with van der Waals surface area (Å²) in [5.74, 6) is -11.4. The van der Waals surface area contributed by atoms with Crippen molar-refractivity contribution in [1.82, 2.24) is 64.9 Å². The lowest BCUT2D eigenvalue weighted by Crippen LogP contribution is -2.61. The number of hydrogen-bond donors (Lipinski definition) is 8. The van der Waals surface area contributed by atoms with Gasteiger partial charge in [-0.25, -0.2) is 4.79 Å². The van der Waals surface area contributed by atoms with Crippen LogP contribution in [0.1, 0.15) is 29.5 Å². The van der Waals surface area contributed by atoms with E-state index >= 15 is 14.4 Å². The van der Waals surface area contributed by atoms with Crippen LogP contribution in [0.15, 0.2) is 78.9 Å². The van der Waals surface area contributed by atoms with Gasteiger partial charge in [-0.15, -0.1) is 0 Å². The van der Waals surface area contributed by atoms with Gasteiger partial charge in [-0.05, 0) is 27.8 Å². The first-order chi connectivity index (χ1) is 51.2. The van der Waals surface area contributed by atoms with Crippen LogP contribution in [0.2, 0.25) is 0 Å². The van der Waals surface area contributed by atoms with Gasteiger partial charge < -0.3 is 70.7 Å². The molecule has 3 aromatic carbocycles. The Hall–Kier alpha value is -9.79. The number of nitrogens with two attached hydrogens (primary N) is 1. The lowest BCUT2D eigenvalue weighted by atomic mass is 9.98. The first kappa shape index (κ1) is 82.9. The van der Waals surface area contributed by atoms with Gasteiger partial charge >= 0.3 is 47.9 Å². The maximum Gasteiger partial charge on any atom is 0.410 e. The van der Waals surface area contributed by atoms with Crippen LogP contribution in [0.3, 0.4) is 0 Å².